The number of aldehydes is 1. The normalized spacial score (nSPS) is 30.0. The summed E-state index contributed by atoms with van der Waals surface area (Å²) in [6.07, 6.45) is 1.03. The molecule has 3 unspecified atom stereocenters. The Balaban J connectivity index is 2.21. The summed E-state index contributed by atoms with van der Waals surface area (Å²) in [7, 11) is 0. The first-order valence-electron chi connectivity index (χ1n) is 4.79. The predicted molar refractivity (Wildman–Crippen MR) is 55.2 cm³/mol. The van der Waals surface area contributed by atoms with Gasteiger partial charge >= 0.3 is 0 Å². The summed E-state index contributed by atoms with van der Waals surface area (Å²) >= 11 is 0. The zero-order valence-electron chi connectivity index (χ0n) is 8.21. The van der Waals surface area contributed by atoms with Crippen LogP contribution >= 0.6 is 0 Å². The van der Waals surface area contributed by atoms with Crippen molar-refractivity contribution in [2.45, 2.75) is 18.5 Å². The van der Waals surface area contributed by atoms with Crippen molar-refractivity contribution in [2.75, 3.05) is 0 Å². The maximum absolute atomic E-state index is 10.6. The first kappa shape index (κ1) is 10.1. The lowest BCUT2D eigenvalue weighted by Gasteiger charge is -2.12. The molecule has 0 N–H and O–H groups in total. The average molecular weight is 204 g/mol. The average Bonchev–Trinajstić information content (AvgIpc) is 2.73. The Bertz CT molecular complexity index is 347. The highest BCUT2D eigenvalue weighted by atomic mass is 16.7. The highest BCUT2D eigenvalue weighted by molar-refractivity contribution is 5.54. The molecular weight excluding hydrogens is 192 g/mol. The lowest BCUT2D eigenvalue weighted by Crippen LogP contribution is -2.11. The van der Waals surface area contributed by atoms with Crippen molar-refractivity contribution < 1.29 is 14.3 Å². The van der Waals surface area contributed by atoms with E-state index in [0.29, 0.717) is 6.29 Å². The van der Waals surface area contributed by atoms with Gasteiger partial charge in [-0.25, -0.2) is 0 Å². The number of rotatable bonds is 3. The van der Waals surface area contributed by atoms with Gasteiger partial charge in [-0.1, -0.05) is 36.4 Å². The standard InChI is InChI=1S/C12H12O3/c1-2-10-12(15-11(8-13)14-10)9-6-4-3-5-7-9/h2-8,10-12H,1H2. The van der Waals surface area contributed by atoms with Gasteiger partial charge in [-0.05, 0) is 5.56 Å². The number of ether oxygens (including phenoxy) is 2. The molecule has 0 saturated carbocycles. The molecule has 78 valence electrons. The molecule has 1 aromatic carbocycles. The van der Waals surface area contributed by atoms with Gasteiger partial charge < -0.3 is 9.47 Å². The molecular formula is C12H12O3. The molecule has 3 atom stereocenters. The maximum atomic E-state index is 10.6. The first-order valence-corrected chi connectivity index (χ1v) is 4.79. The number of hydrogen-bond acceptors (Lipinski definition) is 3. The van der Waals surface area contributed by atoms with Crippen LogP contribution in [0.3, 0.4) is 0 Å². The van der Waals surface area contributed by atoms with Gasteiger partial charge in [-0.15, -0.1) is 6.58 Å². The second kappa shape index (κ2) is 4.38. The molecule has 0 aromatic heterocycles. The minimum Gasteiger partial charge on any atom is -0.336 e. The van der Waals surface area contributed by atoms with Gasteiger partial charge in [0, 0.05) is 0 Å². The molecule has 3 heteroatoms. The van der Waals surface area contributed by atoms with Crippen molar-refractivity contribution in [1.29, 1.82) is 0 Å². The van der Waals surface area contributed by atoms with Crippen LogP contribution in [0.4, 0.5) is 0 Å². The lowest BCUT2D eigenvalue weighted by atomic mass is 10.1. The number of hydrogen-bond donors (Lipinski definition) is 0. The predicted octanol–water partition coefficient (Wildman–Crippen LogP) is 1.85. The molecule has 15 heavy (non-hydrogen) atoms. The molecule has 1 fully saturated rings. The molecule has 1 heterocycles. The minimum absolute atomic E-state index is 0.237. The van der Waals surface area contributed by atoms with E-state index in [1.165, 1.54) is 0 Å². The van der Waals surface area contributed by atoms with E-state index in [2.05, 4.69) is 6.58 Å². The fourth-order valence-electron chi connectivity index (χ4n) is 1.63. The summed E-state index contributed by atoms with van der Waals surface area (Å²) in [6, 6.07) is 9.66. The SMILES string of the molecule is C=CC1OC(C=O)OC1c1ccccc1. The zero-order valence-corrected chi connectivity index (χ0v) is 8.21. The Morgan fingerprint density at radius 1 is 1.20 bits per heavy atom. The third-order valence-electron chi connectivity index (χ3n) is 2.34. The Hall–Kier alpha value is -1.45. The molecule has 2 rings (SSSR count). The Labute approximate surface area is 88.3 Å². The molecule has 0 spiro atoms. The Kier molecular flexibility index (Phi) is 2.94. The van der Waals surface area contributed by atoms with Gasteiger partial charge in [0.1, 0.15) is 12.2 Å². The smallest absolute Gasteiger partial charge is 0.216 e. The molecule has 3 nitrogen and oxygen atoms in total. The van der Waals surface area contributed by atoms with E-state index in [0.717, 1.165) is 5.56 Å². The summed E-state index contributed by atoms with van der Waals surface area (Å²) in [6.45, 7) is 3.67. The van der Waals surface area contributed by atoms with Crippen molar-refractivity contribution in [1.82, 2.24) is 0 Å². The second-order valence-electron chi connectivity index (χ2n) is 3.31. The monoisotopic (exact) mass is 204 g/mol. The topological polar surface area (TPSA) is 35.5 Å². The summed E-state index contributed by atoms with van der Waals surface area (Å²) < 4.78 is 10.8. The van der Waals surface area contributed by atoms with Crippen LogP contribution in [0.1, 0.15) is 11.7 Å². The minimum atomic E-state index is -0.779. The van der Waals surface area contributed by atoms with E-state index in [9.17, 15) is 4.79 Å². The maximum Gasteiger partial charge on any atom is 0.216 e. The third-order valence-corrected chi connectivity index (χ3v) is 2.34. The van der Waals surface area contributed by atoms with Crippen LogP contribution in [0, 0.1) is 0 Å². The molecule has 0 bridgehead atoms. The highest BCUT2D eigenvalue weighted by Crippen LogP contribution is 2.32. The number of benzene rings is 1. The van der Waals surface area contributed by atoms with Crippen LogP contribution in [0.25, 0.3) is 0 Å². The van der Waals surface area contributed by atoms with Crippen molar-refractivity contribution >= 4 is 6.29 Å². The third kappa shape index (κ3) is 1.98. The molecule has 1 aliphatic heterocycles. The quantitative estimate of drug-likeness (QED) is 0.556. The van der Waals surface area contributed by atoms with Crippen molar-refractivity contribution in [3.8, 4) is 0 Å². The zero-order chi connectivity index (χ0) is 10.7. The Morgan fingerprint density at radius 3 is 2.53 bits per heavy atom. The fourth-order valence-corrected chi connectivity index (χ4v) is 1.63. The van der Waals surface area contributed by atoms with E-state index in [-0.39, 0.29) is 12.2 Å². The fraction of sp³-hybridized carbons (Fsp3) is 0.250. The summed E-state index contributed by atoms with van der Waals surface area (Å²) in [5, 5.41) is 0. The number of carbonyl (C=O) groups is 1. The van der Waals surface area contributed by atoms with Gasteiger partial charge in [0.15, 0.2) is 6.29 Å². The van der Waals surface area contributed by atoms with E-state index in [1.807, 2.05) is 30.3 Å². The van der Waals surface area contributed by atoms with Gasteiger partial charge in [-0.2, -0.15) is 0 Å². The van der Waals surface area contributed by atoms with E-state index >= 15 is 0 Å². The largest absolute Gasteiger partial charge is 0.336 e. The van der Waals surface area contributed by atoms with Crippen molar-refractivity contribution in [3.63, 3.8) is 0 Å². The summed E-state index contributed by atoms with van der Waals surface area (Å²) in [5.74, 6) is 0. The van der Waals surface area contributed by atoms with Crippen LogP contribution in [-0.4, -0.2) is 18.7 Å². The van der Waals surface area contributed by atoms with Gasteiger partial charge in [0.25, 0.3) is 0 Å². The van der Waals surface area contributed by atoms with E-state index in [1.54, 1.807) is 6.08 Å². The van der Waals surface area contributed by atoms with Crippen LogP contribution < -0.4 is 0 Å². The number of carbonyl (C=O) groups excluding carboxylic acids is 1. The van der Waals surface area contributed by atoms with Crippen LogP contribution in [-0.2, 0) is 14.3 Å². The van der Waals surface area contributed by atoms with E-state index in [4.69, 9.17) is 9.47 Å². The van der Waals surface area contributed by atoms with Crippen LogP contribution in [0.15, 0.2) is 43.0 Å². The van der Waals surface area contributed by atoms with Crippen molar-refractivity contribution in [3.05, 3.63) is 48.6 Å². The van der Waals surface area contributed by atoms with Crippen molar-refractivity contribution in [2.24, 2.45) is 0 Å². The van der Waals surface area contributed by atoms with E-state index < -0.39 is 6.29 Å². The van der Waals surface area contributed by atoms with Gasteiger partial charge in [0.2, 0.25) is 6.29 Å². The highest BCUT2D eigenvalue weighted by Gasteiger charge is 2.34. The molecule has 0 amide bonds. The van der Waals surface area contributed by atoms with Crippen LogP contribution in [0.2, 0.25) is 0 Å². The summed E-state index contributed by atoms with van der Waals surface area (Å²) in [5.41, 5.74) is 0.992. The molecule has 1 aliphatic rings. The molecule has 0 aliphatic carbocycles. The molecule has 0 radical (unpaired) electrons. The second-order valence-corrected chi connectivity index (χ2v) is 3.31. The molecule has 1 aromatic rings. The van der Waals surface area contributed by atoms with Gasteiger partial charge in [0.05, 0.1) is 0 Å². The Morgan fingerprint density at radius 2 is 1.93 bits per heavy atom. The lowest BCUT2D eigenvalue weighted by molar-refractivity contribution is -0.133. The summed E-state index contributed by atoms with van der Waals surface area (Å²) in [4.78, 5) is 10.6. The van der Waals surface area contributed by atoms with Crippen LogP contribution in [0.5, 0.6) is 0 Å². The first-order chi connectivity index (χ1) is 7.35. The van der Waals surface area contributed by atoms with Gasteiger partial charge in [-0.3, -0.25) is 4.79 Å². The molecule has 1 saturated heterocycles.